The molecule has 3 nitrogen and oxygen atoms in total. The minimum atomic E-state index is -4.54. The Morgan fingerprint density at radius 2 is 2.04 bits per heavy atom. The second-order valence-electron chi connectivity index (χ2n) is 6.17. The largest absolute Gasteiger partial charge is 0.416 e. The average Bonchev–Trinajstić information content (AvgIpc) is 2.47. The van der Waals surface area contributed by atoms with Crippen LogP contribution in [0.1, 0.15) is 36.2 Å². The molecule has 0 radical (unpaired) electrons. The summed E-state index contributed by atoms with van der Waals surface area (Å²) in [7, 11) is 0. The van der Waals surface area contributed by atoms with Crippen LogP contribution in [0.5, 0.6) is 0 Å². The lowest BCUT2D eigenvalue weighted by Gasteiger charge is -2.37. The van der Waals surface area contributed by atoms with E-state index < -0.39 is 29.9 Å². The maximum Gasteiger partial charge on any atom is 0.416 e. The molecule has 2 rings (SSSR count). The lowest BCUT2D eigenvalue weighted by atomic mass is 10.0. The second kappa shape index (κ2) is 7.27. The highest BCUT2D eigenvalue weighted by atomic mass is 35.5. The highest BCUT2D eigenvalue weighted by molar-refractivity contribution is 6.33. The zero-order chi connectivity index (χ0) is 18.1. The van der Waals surface area contributed by atoms with Crippen LogP contribution in [0.15, 0.2) is 18.2 Å². The number of nitrogens with one attached hydrogen (secondary N) is 1. The van der Waals surface area contributed by atoms with Gasteiger partial charge in [0, 0.05) is 19.1 Å². The fraction of sp³-hybridized carbons (Fsp3) is 0.562. The van der Waals surface area contributed by atoms with Gasteiger partial charge in [-0.3, -0.25) is 9.69 Å². The molecule has 0 unspecified atom stereocenters. The zero-order valence-corrected chi connectivity index (χ0v) is 14.1. The number of amides is 1. The maximum atomic E-state index is 14.2. The first-order valence-electron chi connectivity index (χ1n) is 7.65. The summed E-state index contributed by atoms with van der Waals surface area (Å²) in [6.07, 6.45) is -5.34. The maximum absolute atomic E-state index is 14.2. The molecule has 8 heteroatoms. The van der Waals surface area contributed by atoms with Crippen molar-refractivity contribution in [3.05, 3.63) is 34.3 Å². The fourth-order valence-electron chi connectivity index (χ4n) is 2.68. The smallest absolute Gasteiger partial charge is 0.346 e. The molecule has 1 aliphatic rings. The lowest BCUT2D eigenvalue weighted by molar-refractivity contribution is -0.137. The molecule has 1 heterocycles. The molecule has 24 heavy (non-hydrogen) atoms. The van der Waals surface area contributed by atoms with Crippen molar-refractivity contribution in [3.8, 4) is 0 Å². The van der Waals surface area contributed by atoms with E-state index in [1.54, 1.807) is 0 Å². The van der Waals surface area contributed by atoms with Gasteiger partial charge >= 0.3 is 6.18 Å². The van der Waals surface area contributed by atoms with Gasteiger partial charge in [-0.2, -0.15) is 13.2 Å². The number of hydrogen-bond donors (Lipinski definition) is 1. The Labute approximate surface area is 143 Å². The predicted molar refractivity (Wildman–Crippen MR) is 83.9 cm³/mol. The molecule has 0 spiro atoms. The van der Waals surface area contributed by atoms with Gasteiger partial charge in [0.25, 0.3) is 5.91 Å². The standard InChI is InChI=1S/C16H19ClF4N2O/c1-9(2)23-6-5-14(13(18)8-23)22-15(24)11-4-3-10(7-12(11)17)16(19,20)21/h3-4,7,9,13-14H,5-6,8H2,1-2H3,(H,22,24)/t13-,14-/m0/s1. The van der Waals surface area contributed by atoms with E-state index in [1.807, 2.05) is 18.7 Å². The summed E-state index contributed by atoms with van der Waals surface area (Å²) in [4.78, 5) is 14.2. The topological polar surface area (TPSA) is 32.3 Å². The van der Waals surface area contributed by atoms with E-state index in [-0.39, 0.29) is 23.2 Å². The van der Waals surface area contributed by atoms with Crippen LogP contribution < -0.4 is 5.32 Å². The Hall–Kier alpha value is -1.34. The van der Waals surface area contributed by atoms with Crippen molar-refractivity contribution in [2.75, 3.05) is 13.1 Å². The molecule has 134 valence electrons. The van der Waals surface area contributed by atoms with Crippen molar-refractivity contribution >= 4 is 17.5 Å². The third-order valence-corrected chi connectivity index (χ3v) is 4.47. The van der Waals surface area contributed by atoms with Crippen molar-refractivity contribution < 1.29 is 22.4 Å². The highest BCUT2D eigenvalue weighted by Crippen LogP contribution is 2.32. The summed E-state index contributed by atoms with van der Waals surface area (Å²) in [5, 5.41) is 2.23. The molecule has 1 amide bonds. The van der Waals surface area contributed by atoms with Crippen LogP contribution in [0.2, 0.25) is 5.02 Å². The van der Waals surface area contributed by atoms with Gasteiger partial charge in [0.1, 0.15) is 6.17 Å². The minimum absolute atomic E-state index is 0.0943. The number of rotatable bonds is 3. The van der Waals surface area contributed by atoms with Gasteiger partial charge in [-0.05, 0) is 38.5 Å². The number of piperidine rings is 1. The molecule has 2 atom stereocenters. The third kappa shape index (κ3) is 4.39. The van der Waals surface area contributed by atoms with E-state index in [0.29, 0.717) is 19.0 Å². The molecule has 1 fully saturated rings. The number of hydrogen-bond acceptors (Lipinski definition) is 2. The number of carbonyl (C=O) groups excluding carboxylic acids is 1. The van der Waals surface area contributed by atoms with E-state index >= 15 is 0 Å². The first kappa shape index (κ1) is 19.0. The van der Waals surface area contributed by atoms with Gasteiger partial charge in [0.2, 0.25) is 0 Å². The van der Waals surface area contributed by atoms with E-state index in [9.17, 15) is 22.4 Å². The molecule has 0 saturated carbocycles. The summed E-state index contributed by atoms with van der Waals surface area (Å²) in [5.41, 5.74) is -1.03. The Morgan fingerprint density at radius 3 is 2.54 bits per heavy atom. The highest BCUT2D eigenvalue weighted by Gasteiger charge is 2.33. The summed E-state index contributed by atoms with van der Waals surface area (Å²) in [5.74, 6) is -0.667. The van der Waals surface area contributed by atoms with Crippen molar-refractivity contribution in [3.63, 3.8) is 0 Å². The second-order valence-corrected chi connectivity index (χ2v) is 6.57. The number of halogens is 5. The van der Waals surface area contributed by atoms with Gasteiger partial charge in [0.15, 0.2) is 0 Å². The number of carbonyl (C=O) groups is 1. The van der Waals surface area contributed by atoms with Gasteiger partial charge in [-0.15, -0.1) is 0 Å². The average molecular weight is 367 g/mol. The molecule has 1 saturated heterocycles. The fourth-order valence-corrected chi connectivity index (χ4v) is 2.95. The molecule has 0 bridgehead atoms. The lowest BCUT2D eigenvalue weighted by Crippen LogP contribution is -2.53. The van der Waals surface area contributed by atoms with Crippen LogP contribution >= 0.6 is 11.6 Å². The molecular weight excluding hydrogens is 348 g/mol. The molecule has 1 aliphatic heterocycles. The molecule has 1 aromatic carbocycles. The first-order valence-corrected chi connectivity index (χ1v) is 8.03. The number of benzene rings is 1. The van der Waals surface area contributed by atoms with E-state index in [2.05, 4.69) is 5.32 Å². The van der Waals surface area contributed by atoms with Crippen LogP contribution in [0.4, 0.5) is 17.6 Å². The van der Waals surface area contributed by atoms with E-state index in [0.717, 1.165) is 12.1 Å². The van der Waals surface area contributed by atoms with Gasteiger partial charge in [-0.25, -0.2) is 4.39 Å². The molecule has 0 aliphatic carbocycles. The predicted octanol–water partition coefficient (Wildman–Crippen LogP) is 3.91. The van der Waals surface area contributed by atoms with Gasteiger partial charge in [-0.1, -0.05) is 11.6 Å². The minimum Gasteiger partial charge on any atom is -0.346 e. The van der Waals surface area contributed by atoms with Gasteiger partial charge in [0.05, 0.1) is 22.2 Å². The van der Waals surface area contributed by atoms with Crippen molar-refractivity contribution in [1.82, 2.24) is 10.2 Å². The van der Waals surface area contributed by atoms with Crippen LogP contribution in [-0.2, 0) is 6.18 Å². The molecule has 1 aromatic rings. The molecule has 1 N–H and O–H groups in total. The van der Waals surface area contributed by atoms with Crippen molar-refractivity contribution in [2.24, 2.45) is 0 Å². The summed E-state index contributed by atoms with van der Waals surface area (Å²) >= 11 is 5.79. The Kier molecular flexibility index (Phi) is 5.75. The van der Waals surface area contributed by atoms with Crippen LogP contribution in [0, 0.1) is 0 Å². The SMILES string of the molecule is CC(C)N1CC[C@H](NC(=O)c2ccc(C(F)(F)F)cc2Cl)[C@@H](F)C1. The van der Waals surface area contributed by atoms with Crippen LogP contribution in [0.25, 0.3) is 0 Å². The van der Waals surface area contributed by atoms with Crippen LogP contribution in [-0.4, -0.2) is 42.2 Å². The molecular formula is C16H19ClF4N2O. The normalized spacial score (nSPS) is 22.7. The number of likely N-dealkylation sites (tertiary alicyclic amines) is 1. The van der Waals surface area contributed by atoms with E-state index in [4.69, 9.17) is 11.6 Å². The number of alkyl halides is 4. The monoisotopic (exact) mass is 366 g/mol. The van der Waals surface area contributed by atoms with Crippen LogP contribution in [0.3, 0.4) is 0 Å². The summed E-state index contributed by atoms with van der Waals surface area (Å²) in [6, 6.07) is 2.03. The zero-order valence-electron chi connectivity index (χ0n) is 13.3. The first-order chi connectivity index (χ1) is 11.1. The Balaban J connectivity index is 2.05. The van der Waals surface area contributed by atoms with E-state index in [1.165, 1.54) is 0 Å². The summed E-state index contributed by atoms with van der Waals surface area (Å²) in [6.45, 7) is 4.79. The van der Waals surface area contributed by atoms with Crippen molar-refractivity contribution in [2.45, 2.75) is 44.7 Å². The Morgan fingerprint density at radius 1 is 1.38 bits per heavy atom. The number of nitrogens with zero attached hydrogens (tertiary/aromatic N) is 1. The van der Waals surface area contributed by atoms with Crippen molar-refractivity contribution in [1.29, 1.82) is 0 Å². The molecule has 0 aromatic heterocycles. The van der Waals surface area contributed by atoms with Gasteiger partial charge < -0.3 is 5.32 Å². The quantitative estimate of drug-likeness (QED) is 0.823. The summed E-state index contributed by atoms with van der Waals surface area (Å²) < 4.78 is 52.1. The third-order valence-electron chi connectivity index (χ3n) is 4.16. The Bertz CT molecular complexity index is 606.